The fourth-order valence-corrected chi connectivity index (χ4v) is 3.24. The predicted octanol–water partition coefficient (Wildman–Crippen LogP) is 3.48. The second kappa shape index (κ2) is 6.92. The van der Waals surface area contributed by atoms with E-state index in [1.54, 1.807) is 36.4 Å². The van der Waals surface area contributed by atoms with Crippen molar-refractivity contribution in [1.29, 1.82) is 0 Å². The third kappa shape index (κ3) is 2.97. The third-order valence-electron chi connectivity index (χ3n) is 4.56. The first-order chi connectivity index (χ1) is 13.6. The van der Waals surface area contributed by atoms with Crippen molar-refractivity contribution in [2.45, 2.75) is 0 Å². The van der Waals surface area contributed by atoms with Gasteiger partial charge in [0.25, 0.3) is 11.8 Å². The molecule has 0 bridgehead atoms. The highest BCUT2D eigenvalue weighted by Gasteiger charge is 2.19. The van der Waals surface area contributed by atoms with E-state index in [1.165, 1.54) is 12.1 Å². The summed E-state index contributed by atoms with van der Waals surface area (Å²) in [5.41, 5.74) is 4.74. The standard InChI is InChI=1S/C22H16N2O4/c25-17-11-9-13-5-1-3-7-15(13)19(17)21(27)23-24-22(28)20-16-8-4-2-6-14(16)10-12-18(20)26/h1-12,25-26H,(H,23,27)(H,24,28). The molecule has 0 heterocycles. The minimum atomic E-state index is -0.664. The van der Waals surface area contributed by atoms with Crippen LogP contribution in [-0.2, 0) is 0 Å². The lowest BCUT2D eigenvalue weighted by atomic mass is 10.0. The zero-order chi connectivity index (χ0) is 19.7. The van der Waals surface area contributed by atoms with Crippen molar-refractivity contribution < 1.29 is 19.8 Å². The lowest BCUT2D eigenvalue weighted by molar-refractivity contribution is 0.0845. The van der Waals surface area contributed by atoms with Gasteiger partial charge in [-0.2, -0.15) is 0 Å². The highest BCUT2D eigenvalue weighted by molar-refractivity contribution is 6.12. The monoisotopic (exact) mass is 372 g/mol. The number of carbonyl (C=O) groups is 2. The van der Waals surface area contributed by atoms with E-state index >= 15 is 0 Å². The Morgan fingerprint density at radius 2 is 0.964 bits per heavy atom. The van der Waals surface area contributed by atoms with Crippen LogP contribution in [0.3, 0.4) is 0 Å². The SMILES string of the molecule is O=C(NNC(=O)c1c(O)ccc2ccccc12)c1c(O)ccc2ccccc12. The molecule has 0 atom stereocenters. The van der Waals surface area contributed by atoms with Gasteiger partial charge in [0.15, 0.2) is 0 Å². The molecule has 4 aromatic rings. The number of phenolic OH excluding ortho intramolecular Hbond substituents is 2. The Hall–Kier alpha value is -4.06. The molecule has 2 amide bonds. The van der Waals surface area contributed by atoms with Crippen LogP contribution in [0.15, 0.2) is 72.8 Å². The fraction of sp³-hybridized carbons (Fsp3) is 0. The number of hydrazine groups is 1. The second-order valence-corrected chi connectivity index (χ2v) is 6.27. The molecule has 0 aliphatic carbocycles. The van der Waals surface area contributed by atoms with Crippen molar-refractivity contribution in [1.82, 2.24) is 10.9 Å². The normalized spacial score (nSPS) is 10.7. The van der Waals surface area contributed by atoms with Crippen LogP contribution >= 0.6 is 0 Å². The highest BCUT2D eigenvalue weighted by Crippen LogP contribution is 2.28. The molecule has 138 valence electrons. The number of benzene rings is 4. The van der Waals surface area contributed by atoms with Gasteiger partial charge >= 0.3 is 0 Å². The molecule has 0 aliphatic rings. The number of fused-ring (bicyclic) bond motifs is 2. The van der Waals surface area contributed by atoms with E-state index in [9.17, 15) is 19.8 Å². The van der Waals surface area contributed by atoms with Gasteiger partial charge in [0.1, 0.15) is 11.5 Å². The summed E-state index contributed by atoms with van der Waals surface area (Å²) in [6, 6.07) is 20.5. The average molecular weight is 372 g/mol. The zero-order valence-corrected chi connectivity index (χ0v) is 14.6. The van der Waals surface area contributed by atoms with Crippen molar-refractivity contribution in [2.24, 2.45) is 0 Å². The number of rotatable bonds is 2. The number of aromatic hydroxyl groups is 2. The molecule has 28 heavy (non-hydrogen) atoms. The smallest absolute Gasteiger partial charge is 0.274 e. The number of hydrogen-bond donors (Lipinski definition) is 4. The van der Waals surface area contributed by atoms with Crippen LogP contribution in [0.1, 0.15) is 20.7 Å². The summed E-state index contributed by atoms with van der Waals surface area (Å²) in [6.07, 6.45) is 0. The molecule has 0 fully saturated rings. The molecule has 0 unspecified atom stereocenters. The van der Waals surface area contributed by atoms with Gasteiger partial charge in [0, 0.05) is 0 Å². The maximum absolute atomic E-state index is 12.6. The molecule has 0 spiro atoms. The maximum atomic E-state index is 12.6. The van der Waals surface area contributed by atoms with E-state index in [2.05, 4.69) is 10.9 Å². The van der Waals surface area contributed by atoms with Crippen molar-refractivity contribution in [2.75, 3.05) is 0 Å². The number of amides is 2. The zero-order valence-electron chi connectivity index (χ0n) is 14.6. The van der Waals surface area contributed by atoms with Crippen LogP contribution in [0.25, 0.3) is 21.5 Å². The summed E-state index contributed by atoms with van der Waals surface area (Å²) in [4.78, 5) is 25.2. The first kappa shape index (κ1) is 17.4. The quantitative estimate of drug-likeness (QED) is 0.405. The number of hydrogen-bond acceptors (Lipinski definition) is 4. The van der Waals surface area contributed by atoms with E-state index in [4.69, 9.17) is 0 Å². The van der Waals surface area contributed by atoms with Gasteiger partial charge in [-0.3, -0.25) is 20.4 Å². The van der Waals surface area contributed by atoms with E-state index in [1.807, 2.05) is 24.3 Å². The van der Waals surface area contributed by atoms with Crippen molar-refractivity contribution in [3.8, 4) is 11.5 Å². The van der Waals surface area contributed by atoms with Gasteiger partial charge in [-0.15, -0.1) is 0 Å². The second-order valence-electron chi connectivity index (χ2n) is 6.27. The lowest BCUT2D eigenvalue weighted by Gasteiger charge is -2.13. The van der Waals surface area contributed by atoms with Crippen LogP contribution in [0.5, 0.6) is 11.5 Å². The number of phenols is 2. The molecule has 0 saturated carbocycles. The average Bonchev–Trinajstić information content (AvgIpc) is 2.71. The van der Waals surface area contributed by atoms with Crippen molar-refractivity contribution in [3.63, 3.8) is 0 Å². The van der Waals surface area contributed by atoms with Gasteiger partial charge in [-0.1, -0.05) is 60.7 Å². The van der Waals surface area contributed by atoms with Gasteiger partial charge in [0.05, 0.1) is 11.1 Å². The molecule has 0 aromatic heterocycles. The Balaban J connectivity index is 1.63. The van der Waals surface area contributed by atoms with Gasteiger partial charge < -0.3 is 10.2 Å². The molecule has 0 saturated heterocycles. The van der Waals surface area contributed by atoms with E-state index in [0.717, 1.165) is 10.8 Å². The molecule has 0 aliphatic heterocycles. The largest absolute Gasteiger partial charge is 0.507 e. The van der Waals surface area contributed by atoms with E-state index in [0.29, 0.717) is 10.8 Å². The summed E-state index contributed by atoms with van der Waals surface area (Å²) in [7, 11) is 0. The van der Waals surface area contributed by atoms with Gasteiger partial charge in [-0.25, -0.2) is 0 Å². The van der Waals surface area contributed by atoms with Crippen LogP contribution in [0.2, 0.25) is 0 Å². The van der Waals surface area contributed by atoms with Crippen LogP contribution < -0.4 is 10.9 Å². The van der Waals surface area contributed by atoms with Crippen LogP contribution in [0, 0.1) is 0 Å². The highest BCUT2D eigenvalue weighted by atomic mass is 16.3. The predicted molar refractivity (Wildman–Crippen MR) is 106 cm³/mol. The summed E-state index contributed by atoms with van der Waals surface area (Å²) in [5, 5.41) is 22.9. The summed E-state index contributed by atoms with van der Waals surface area (Å²) in [5.74, 6) is -1.72. The minimum absolute atomic E-state index is 0.0561. The Bertz CT molecular complexity index is 1140. The van der Waals surface area contributed by atoms with Crippen molar-refractivity contribution in [3.05, 3.63) is 83.9 Å². The Morgan fingerprint density at radius 1 is 0.571 bits per heavy atom. The van der Waals surface area contributed by atoms with E-state index < -0.39 is 11.8 Å². The minimum Gasteiger partial charge on any atom is -0.507 e. The molecular weight excluding hydrogens is 356 g/mol. The molecule has 4 aromatic carbocycles. The first-order valence-corrected chi connectivity index (χ1v) is 8.58. The van der Waals surface area contributed by atoms with Gasteiger partial charge in [0.2, 0.25) is 0 Å². The molecule has 0 radical (unpaired) electrons. The topological polar surface area (TPSA) is 98.7 Å². The number of nitrogens with one attached hydrogen (secondary N) is 2. The third-order valence-corrected chi connectivity index (χ3v) is 4.56. The fourth-order valence-electron chi connectivity index (χ4n) is 3.24. The lowest BCUT2D eigenvalue weighted by Crippen LogP contribution is -2.41. The Labute approximate surface area is 160 Å². The van der Waals surface area contributed by atoms with Crippen LogP contribution in [-0.4, -0.2) is 22.0 Å². The molecule has 4 N–H and O–H groups in total. The summed E-state index contributed by atoms with van der Waals surface area (Å²) < 4.78 is 0. The number of carbonyl (C=O) groups excluding carboxylic acids is 2. The summed E-state index contributed by atoms with van der Waals surface area (Å²) in [6.45, 7) is 0. The van der Waals surface area contributed by atoms with E-state index in [-0.39, 0.29) is 22.6 Å². The van der Waals surface area contributed by atoms with Crippen LogP contribution in [0.4, 0.5) is 0 Å². The molecular formula is C22H16N2O4. The van der Waals surface area contributed by atoms with Crippen molar-refractivity contribution >= 4 is 33.4 Å². The Kier molecular flexibility index (Phi) is 4.29. The van der Waals surface area contributed by atoms with Gasteiger partial charge in [-0.05, 0) is 33.7 Å². The first-order valence-electron chi connectivity index (χ1n) is 8.58. The Morgan fingerprint density at radius 3 is 1.39 bits per heavy atom. The molecule has 4 rings (SSSR count). The maximum Gasteiger partial charge on any atom is 0.274 e. The molecule has 6 nitrogen and oxygen atoms in total. The summed E-state index contributed by atoms with van der Waals surface area (Å²) >= 11 is 0. The molecule has 6 heteroatoms.